The van der Waals surface area contributed by atoms with Crippen LogP contribution in [0.3, 0.4) is 0 Å². The first-order chi connectivity index (χ1) is 8.59. The molecule has 0 aliphatic carbocycles. The second kappa shape index (κ2) is 8.32. The number of amides is 1. The van der Waals surface area contributed by atoms with Crippen LogP contribution >= 0.6 is 0 Å². The standard InChI is InChI=1S/C11H22N2O3.C2H6.H2/c1-4-11(8-14)6-5-9(13(11)3)7-16-10(15)12-2;1-2;/h9,14H,4-8H2,1-3H3,(H,12,15);1-2H3;1H/t9-,11-;;/m1../s1. The third-order valence-electron chi connectivity index (χ3n) is 3.80. The number of nitrogens with one attached hydrogen (secondary N) is 1. The van der Waals surface area contributed by atoms with Gasteiger partial charge in [-0.1, -0.05) is 20.8 Å². The van der Waals surface area contributed by atoms with Gasteiger partial charge in [0.15, 0.2) is 0 Å². The number of ether oxygens (including phenoxy) is 1. The van der Waals surface area contributed by atoms with Crippen LogP contribution in [-0.2, 0) is 4.74 Å². The van der Waals surface area contributed by atoms with Crippen molar-refractivity contribution in [2.75, 3.05) is 27.3 Å². The van der Waals surface area contributed by atoms with Crippen LogP contribution < -0.4 is 5.32 Å². The number of carbonyl (C=O) groups excluding carboxylic acids is 1. The lowest BCUT2D eigenvalue weighted by Crippen LogP contribution is -2.48. The lowest BCUT2D eigenvalue weighted by Gasteiger charge is -2.36. The number of nitrogens with zero attached hydrogens (tertiary/aromatic N) is 1. The molecule has 0 unspecified atom stereocenters. The molecule has 5 heteroatoms. The fourth-order valence-corrected chi connectivity index (χ4v) is 2.36. The van der Waals surface area contributed by atoms with Gasteiger partial charge in [-0.05, 0) is 26.3 Å². The molecule has 0 aromatic heterocycles. The van der Waals surface area contributed by atoms with Crippen molar-refractivity contribution in [1.82, 2.24) is 10.2 Å². The number of alkyl carbamates (subject to hydrolysis) is 1. The van der Waals surface area contributed by atoms with Crippen molar-refractivity contribution < 1.29 is 16.1 Å². The number of aliphatic hydroxyl groups is 1. The maximum Gasteiger partial charge on any atom is 0.406 e. The summed E-state index contributed by atoms with van der Waals surface area (Å²) in [5, 5.41) is 11.9. The van der Waals surface area contributed by atoms with Gasteiger partial charge in [0.25, 0.3) is 0 Å². The molecule has 0 spiro atoms. The molecule has 18 heavy (non-hydrogen) atoms. The molecule has 2 N–H and O–H groups in total. The highest BCUT2D eigenvalue weighted by atomic mass is 16.5. The highest BCUT2D eigenvalue weighted by molar-refractivity contribution is 5.66. The number of aliphatic hydroxyl groups excluding tert-OH is 1. The number of hydrogen-bond donors (Lipinski definition) is 2. The van der Waals surface area contributed by atoms with E-state index < -0.39 is 6.09 Å². The Bertz CT molecular complexity index is 248. The maximum absolute atomic E-state index is 11.0. The lowest BCUT2D eigenvalue weighted by atomic mass is 9.94. The number of rotatable bonds is 4. The Kier molecular flexibility index (Phi) is 7.95. The van der Waals surface area contributed by atoms with E-state index in [9.17, 15) is 9.90 Å². The van der Waals surface area contributed by atoms with Gasteiger partial charge in [-0.15, -0.1) is 0 Å². The first kappa shape index (κ1) is 17.2. The number of likely N-dealkylation sites (tertiary alicyclic amines) is 1. The lowest BCUT2D eigenvalue weighted by molar-refractivity contribution is 0.0381. The van der Waals surface area contributed by atoms with E-state index in [1.54, 1.807) is 7.05 Å². The van der Waals surface area contributed by atoms with E-state index in [4.69, 9.17) is 4.74 Å². The second-order valence-corrected chi connectivity index (χ2v) is 4.39. The van der Waals surface area contributed by atoms with Crippen molar-refractivity contribution in [3.63, 3.8) is 0 Å². The smallest absolute Gasteiger partial charge is 0.406 e. The molecule has 0 bridgehead atoms. The Hall–Kier alpha value is -0.810. The zero-order valence-corrected chi connectivity index (χ0v) is 12.3. The highest BCUT2D eigenvalue weighted by Crippen LogP contribution is 2.34. The maximum atomic E-state index is 11.0. The van der Waals surface area contributed by atoms with Crippen LogP contribution in [-0.4, -0.2) is 55.0 Å². The quantitative estimate of drug-likeness (QED) is 0.811. The summed E-state index contributed by atoms with van der Waals surface area (Å²) in [5.41, 5.74) is -0.128. The molecular weight excluding hydrogens is 232 g/mol. The predicted molar refractivity (Wildman–Crippen MR) is 74.8 cm³/mol. The Morgan fingerprint density at radius 1 is 1.61 bits per heavy atom. The Morgan fingerprint density at radius 3 is 2.61 bits per heavy atom. The average Bonchev–Trinajstić information content (AvgIpc) is 2.75. The zero-order valence-electron chi connectivity index (χ0n) is 12.3. The highest BCUT2D eigenvalue weighted by Gasteiger charge is 2.42. The van der Waals surface area contributed by atoms with E-state index in [2.05, 4.69) is 17.1 Å². The second-order valence-electron chi connectivity index (χ2n) is 4.39. The van der Waals surface area contributed by atoms with E-state index in [1.165, 1.54) is 0 Å². The minimum atomic E-state index is -0.397. The molecule has 1 aliphatic rings. The van der Waals surface area contributed by atoms with Crippen LogP contribution in [0, 0.1) is 0 Å². The zero-order chi connectivity index (χ0) is 14.2. The molecule has 1 aliphatic heterocycles. The van der Waals surface area contributed by atoms with Gasteiger partial charge >= 0.3 is 6.09 Å². The SMILES string of the molecule is CC.CC[C@]1(CO)CC[C@H](COC(=O)NC)N1C.[HH]. The fourth-order valence-electron chi connectivity index (χ4n) is 2.36. The molecule has 2 atom stereocenters. The first-order valence-electron chi connectivity index (χ1n) is 6.78. The van der Waals surface area contributed by atoms with Crippen LogP contribution in [0.25, 0.3) is 0 Å². The number of likely N-dealkylation sites (N-methyl/N-ethyl adjacent to an activating group) is 1. The molecule has 0 aromatic rings. The summed E-state index contributed by atoms with van der Waals surface area (Å²) < 4.78 is 5.05. The summed E-state index contributed by atoms with van der Waals surface area (Å²) in [6.07, 6.45) is 2.43. The molecule has 1 amide bonds. The van der Waals surface area contributed by atoms with Gasteiger partial charge in [0.05, 0.1) is 6.61 Å². The molecule has 110 valence electrons. The summed E-state index contributed by atoms with van der Waals surface area (Å²) in [6.45, 7) is 6.63. The van der Waals surface area contributed by atoms with Gasteiger partial charge in [0.1, 0.15) is 6.61 Å². The normalized spacial score (nSPS) is 27.3. The van der Waals surface area contributed by atoms with Gasteiger partial charge in [0.2, 0.25) is 0 Å². The van der Waals surface area contributed by atoms with Crippen molar-refractivity contribution in [2.45, 2.75) is 51.6 Å². The van der Waals surface area contributed by atoms with E-state index >= 15 is 0 Å². The largest absolute Gasteiger partial charge is 0.448 e. The van der Waals surface area contributed by atoms with Crippen LogP contribution in [0.15, 0.2) is 0 Å². The van der Waals surface area contributed by atoms with Crippen LogP contribution in [0.2, 0.25) is 0 Å². The van der Waals surface area contributed by atoms with Crippen molar-refractivity contribution in [3.05, 3.63) is 0 Å². The number of carbonyl (C=O) groups is 1. The average molecular weight is 262 g/mol. The predicted octanol–water partition coefficient (Wildman–Crippen LogP) is 1.85. The van der Waals surface area contributed by atoms with Crippen molar-refractivity contribution in [1.29, 1.82) is 0 Å². The van der Waals surface area contributed by atoms with Crippen LogP contribution in [0.5, 0.6) is 0 Å². The topological polar surface area (TPSA) is 61.8 Å². The van der Waals surface area contributed by atoms with E-state index in [0.29, 0.717) is 6.61 Å². The van der Waals surface area contributed by atoms with E-state index in [1.807, 2.05) is 20.9 Å². The monoisotopic (exact) mass is 262 g/mol. The summed E-state index contributed by atoms with van der Waals surface area (Å²) in [5.74, 6) is 0. The first-order valence-corrected chi connectivity index (χ1v) is 6.78. The molecule has 1 rings (SSSR count). The molecule has 1 heterocycles. The Balaban J connectivity index is 0. The summed E-state index contributed by atoms with van der Waals surface area (Å²) >= 11 is 0. The molecule has 1 saturated heterocycles. The van der Waals surface area contributed by atoms with Gasteiger partial charge in [-0.3, -0.25) is 4.90 Å². The number of hydrogen-bond acceptors (Lipinski definition) is 4. The molecular formula is C13H30N2O3. The van der Waals surface area contributed by atoms with Gasteiger partial charge in [0, 0.05) is 20.1 Å². The molecule has 0 aromatic carbocycles. The van der Waals surface area contributed by atoms with Crippen molar-refractivity contribution in [3.8, 4) is 0 Å². The van der Waals surface area contributed by atoms with Gasteiger partial charge < -0.3 is 15.2 Å². The van der Waals surface area contributed by atoms with Crippen LogP contribution in [0.4, 0.5) is 4.79 Å². The molecule has 0 saturated carbocycles. The Labute approximate surface area is 112 Å². The molecule has 5 nitrogen and oxygen atoms in total. The minimum Gasteiger partial charge on any atom is -0.448 e. The third-order valence-corrected chi connectivity index (χ3v) is 3.80. The van der Waals surface area contributed by atoms with E-state index in [-0.39, 0.29) is 19.6 Å². The third kappa shape index (κ3) is 3.85. The fraction of sp³-hybridized carbons (Fsp3) is 0.923. The summed E-state index contributed by atoms with van der Waals surface area (Å²) in [7, 11) is 3.54. The molecule has 1 fully saturated rings. The summed E-state index contributed by atoms with van der Waals surface area (Å²) in [6, 6.07) is 0.212. The Morgan fingerprint density at radius 2 is 2.22 bits per heavy atom. The van der Waals surface area contributed by atoms with E-state index in [0.717, 1.165) is 19.3 Å². The van der Waals surface area contributed by atoms with Gasteiger partial charge in [-0.25, -0.2) is 4.79 Å². The van der Waals surface area contributed by atoms with Crippen molar-refractivity contribution in [2.24, 2.45) is 0 Å². The van der Waals surface area contributed by atoms with Crippen molar-refractivity contribution >= 4 is 6.09 Å². The summed E-state index contributed by atoms with van der Waals surface area (Å²) in [4.78, 5) is 13.1. The minimum absolute atomic E-state index is 0. The van der Waals surface area contributed by atoms with Gasteiger partial charge in [-0.2, -0.15) is 0 Å². The molecule has 0 radical (unpaired) electrons. The van der Waals surface area contributed by atoms with Crippen LogP contribution in [0.1, 0.15) is 41.5 Å².